The molecule has 0 N–H and O–H groups in total. The van der Waals surface area contributed by atoms with E-state index < -0.39 is 0 Å². The zero-order valence-electron chi connectivity index (χ0n) is 16.0. The number of nitriles is 1. The van der Waals surface area contributed by atoms with Gasteiger partial charge in [0, 0.05) is 37.9 Å². The highest BCUT2D eigenvalue weighted by Crippen LogP contribution is 2.37. The lowest BCUT2D eigenvalue weighted by Gasteiger charge is -2.47. The monoisotopic (exact) mass is 387 g/mol. The van der Waals surface area contributed by atoms with Crippen LogP contribution in [0.5, 0.6) is 0 Å². The van der Waals surface area contributed by atoms with Gasteiger partial charge in [0.25, 0.3) is 0 Å². The Balaban J connectivity index is 1.34. The molecule has 3 aromatic rings. The van der Waals surface area contributed by atoms with Gasteiger partial charge in [-0.25, -0.2) is 4.98 Å². The number of fused-ring (bicyclic) bond motifs is 1. The molecule has 0 aliphatic carbocycles. The van der Waals surface area contributed by atoms with E-state index in [0.717, 1.165) is 56.1 Å². The van der Waals surface area contributed by atoms with Gasteiger partial charge in [0.2, 0.25) is 0 Å². The number of piperidine rings is 1. The van der Waals surface area contributed by atoms with Gasteiger partial charge >= 0.3 is 0 Å². The molecule has 0 amide bonds. The van der Waals surface area contributed by atoms with Gasteiger partial charge in [-0.05, 0) is 31.4 Å². The zero-order valence-corrected chi connectivity index (χ0v) is 16.0. The van der Waals surface area contributed by atoms with Crippen LogP contribution in [0.3, 0.4) is 0 Å². The Morgan fingerprint density at radius 2 is 2.14 bits per heavy atom. The Labute approximate surface area is 168 Å². The van der Waals surface area contributed by atoms with Crippen LogP contribution in [0.15, 0.2) is 47.4 Å². The third-order valence-corrected chi connectivity index (χ3v) is 5.79. The Morgan fingerprint density at radius 3 is 3.00 bits per heavy atom. The molecular weight excluding hydrogens is 366 g/mol. The molecule has 0 radical (unpaired) electrons. The summed E-state index contributed by atoms with van der Waals surface area (Å²) in [5.74, 6) is 1.50. The van der Waals surface area contributed by atoms with Crippen molar-refractivity contribution in [3.8, 4) is 17.5 Å². The molecule has 146 valence electrons. The van der Waals surface area contributed by atoms with Crippen molar-refractivity contribution in [3.63, 3.8) is 0 Å². The fourth-order valence-electron chi connectivity index (χ4n) is 4.41. The van der Waals surface area contributed by atoms with Crippen LogP contribution in [0.2, 0.25) is 0 Å². The average molecular weight is 387 g/mol. The van der Waals surface area contributed by atoms with Crippen molar-refractivity contribution >= 4 is 5.82 Å². The van der Waals surface area contributed by atoms with Gasteiger partial charge in [-0.3, -0.25) is 14.9 Å². The summed E-state index contributed by atoms with van der Waals surface area (Å²) in [6.45, 7) is 2.64. The number of aromatic nitrogens is 4. The smallest absolute Gasteiger partial charge is 0.185 e. The predicted molar refractivity (Wildman–Crippen MR) is 106 cm³/mol. The molecule has 0 bridgehead atoms. The summed E-state index contributed by atoms with van der Waals surface area (Å²) in [7, 11) is 0. The van der Waals surface area contributed by atoms with Crippen LogP contribution in [-0.4, -0.2) is 50.7 Å². The van der Waals surface area contributed by atoms with E-state index in [2.05, 4.69) is 36.0 Å². The number of nitrogens with zero attached hydrogens (tertiary/aromatic N) is 7. The molecule has 2 saturated heterocycles. The van der Waals surface area contributed by atoms with Crippen LogP contribution in [-0.2, 0) is 0 Å². The van der Waals surface area contributed by atoms with E-state index in [-0.39, 0.29) is 6.04 Å². The standard InChI is InChI=1S/C21H21N7O/c22-11-15-12-23-13-21(25-15)27-8-9-28-16(14-27)4-3-6-19(28)18-10-20(29-26-18)17-5-1-2-7-24-17/h1-2,5,7,10,12-13,16,19H,3-4,6,8-9,14H2/t16-,19+/m0/s1. The van der Waals surface area contributed by atoms with Gasteiger partial charge in [-0.1, -0.05) is 11.2 Å². The number of piperazine rings is 1. The first-order valence-corrected chi connectivity index (χ1v) is 9.92. The number of hydrogen-bond donors (Lipinski definition) is 0. The van der Waals surface area contributed by atoms with Crippen molar-refractivity contribution in [1.82, 2.24) is 25.0 Å². The molecule has 0 saturated carbocycles. The van der Waals surface area contributed by atoms with Crippen LogP contribution in [0, 0.1) is 11.3 Å². The third kappa shape index (κ3) is 3.45. The minimum atomic E-state index is 0.258. The van der Waals surface area contributed by atoms with E-state index in [4.69, 9.17) is 9.78 Å². The normalized spacial score (nSPS) is 22.1. The molecule has 2 fully saturated rings. The first-order chi connectivity index (χ1) is 14.3. The maximum atomic E-state index is 9.09. The second-order valence-corrected chi connectivity index (χ2v) is 7.49. The Bertz CT molecular complexity index is 1030. The van der Waals surface area contributed by atoms with Crippen LogP contribution in [0.25, 0.3) is 11.5 Å². The number of hydrogen-bond acceptors (Lipinski definition) is 8. The summed E-state index contributed by atoms with van der Waals surface area (Å²) in [4.78, 5) is 17.7. The second-order valence-electron chi connectivity index (χ2n) is 7.49. The highest BCUT2D eigenvalue weighted by molar-refractivity contribution is 5.51. The molecular formula is C21H21N7O. The van der Waals surface area contributed by atoms with Crippen LogP contribution in [0.1, 0.15) is 36.7 Å². The summed E-state index contributed by atoms with van der Waals surface area (Å²) < 4.78 is 5.60. The molecule has 29 heavy (non-hydrogen) atoms. The van der Waals surface area contributed by atoms with E-state index in [0.29, 0.717) is 17.5 Å². The third-order valence-electron chi connectivity index (χ3n) is 5.79. The first-order valence-electron chi connectivity index (χ1n) is 9.92. The van der Waals surface area contributed by atoms with Crippen molar-refractivity contribution < 1.29 is 4.52 Å². The summed E-state index contributed by atoms with van der Waals surface area (Å²) in [5.41, 5.74) is 2.14. The molecule has 2 aliphatic heterocycles. The topological polar surface area (TPSA) is 95.0 Å². The molecule has 0 aromatic carbocycles. The summed E-state index contributed by atoms with van der Waals surface area (Å²) in [6, 6.07) is 10.6. The molecule has 0 unspecified atom stereocenters. The lowest BCUT2D eigenvalue weighted by molar-refractivity contribution is 0.0673. The van der Waals surface area contributed by atoms with Crippen molar-refractivity contribution in [1.29, 1.82) is 5.26 Å². The fourth-order valence-corrected chi connectivity index (χ4v) is 4.41. The van der Waals surface area contributed by atoms with E-state index >= 15 is 0 Å². The van der Waals surface area contributed by atoms with Crippen molar-refractivity contribution in [2.24, 2.45) is 0 Å². The lowest BCUT2D eigenvalue weighted by Crippen LogP contribution is -2.56. The van der Waals surface area contributed by atoms with Gasteiger partial charge < -0.3 is 9.42 Å². The molecule has 8 heteroatoms. The second kappa shape index (κ2) is 7.60. The Morgan fingerprint density at radius 1 is 1.17 bits per heavy atom. The molecule has 5 heterocycles. The highest BCUT2D eigenvalue weighted by Gasteiger charge is 2.37. The van der Waals surface area contributed by atoms with Gasteiger partial charge in [0.1, 0.15) is 23.3 Å². The average Bonchev–Trinajstić information content (AvgIpc) is 3.29. The van der Waals surface area contributed by atoms with Gasteiger partial charge in [0.05, 0.1) is 18.4 Å². The summed E-state index contributed by atoms with van der Waals surface area (Å²) in [5, 5.41) is 13.5. The van der Waals surface area contributed by atoms with Crippen LogP contribution in [0.4, 0.5) is 5.82 Å². The van der Waals surface area contributed by atoms with Gasteiger partial charge in [-0.15, -0.1) is 0 Å². The molecule has 8 nitrogen and oxygen atoms in total. The van der Waals surface area contributed by atoms with E-state index in [1.807, 2.05) is 24.3 Å². The molecule has 2 aliphatic rings. The van der Waals surface area contributed by atoms with Crippen molar-refractivity contribution in [3.05, 3.63) is 54.2 Å². The minimum Gasteiger partial charge on any atom is -0.354 e. The minimum absolute atomic E-state index is 0.258. The van der Waals surface area contributed by atoms with Crippen LogP contribution < -0.4 is 4.90 Å². The van der Waals surface area contributed by atoms with Crippen molar-refractivity contribution in [2.75, 3.05) is 24.5 Å². The van der Waals surface area contributed by atoms with Crippen LogP contribution >= 0.6 is 0 Å². The maximum Gasteiger partial charge on any atom is 0.185 e. The molecule has 2 atom stereocenters. The summed E-state index contributed by atoms with van der Waals surface area (Å²) >= 11 is 0. The summed E-state index contributed by atoms with van der Waals surface area (Å²) in [6.07, 6.45) is 8.37. The largest absolute Gasteiger partial charge is 0.354 e. The number of pyridine rings is 1. The SMILES string of the molecule is N#Cc1cncc(N2CCN3[C@@H](CCC[C@@H]3c3cc(-c4ccccn4)on3)C2)n1. The Kier molecular flexibility index (Phi) is 4.66. The number of rotatable bonds is 3. The van der Waals surface area contributed by atoms with E-state index in [9.17, 15) is 0 Å². The Hall–Kier alpha value is -3.31. The quantitative estimate of drug-likeness (QED) is 0.677. The number of anilines is 1. The predicted octanol–water partition coefficient (Wildman–Crippen LogP) is 2.81. The first kappa shape index (κ1) is 17.8. The van der Waals surface area contributed by atoms with Gasteiger partial charge in [0.15, 0.2) is 11.5 Å². The molecule has 3 aromatic heterocycles. The highest BCUT2D eigenvalue weighted by atomic mass is 16.5. The molecule has 5 rings (SSSR count). The van der Waals surface area contributed by atoms with Crippen molar-refractivity contribution in [2.45, 2.75) is 31.3 Å². The fraction of sp³-hybridized carbons (Fsp3) is 0.381. The van der Waals surface area contributed by atoms with Gasteiger partial charge in [-0.2, -0.15) is 5.26 Å². The lowest BCUT2D eigenvalue weighted by atomic mass is 9.91. The zero-order chi connectivity index (χ0) is 19.6. The van der Waals surface area contributed by atoms with E-state index in [1.54, 1.807) is 12.4 Å². The maximum absolute atomic E-state index is 9.09. The molecule has 0 spiro atoms. The van der Waals surface area contributed by atoms with E-state index in [1.165, 1.54) is 6.20 Å².